The number of methoxy groups -OCH3 is 1. The number of aliphatic hydroxyl groups excluding tert-OH is 1. The number of nitrogens with zero attached hydrogens (tertiary/aromatic N) is 4. The van der Waals surface area contributed by atoms with E-state index in [9.17, 15) is 13.9 Å². The van der Waals surface area contributed by atoms with Crippen molar-refractivity contribution in [3.8, 4) is 17.0 Å². The van der Waals surface area contributed by atoms with Crippen molar-refractivity contribution in [2.75, 3.05) is 13.7 Å². The Morgan fingerprint density at radius 2 is 2.04 bits per heavy atom. The lowest BCUT2D eigenvalue weighted by molar-refractivity contribution is -0.0888. The van der Waals surface area contributed by atoms with Gasteiger partial charge in [0.15, 0.2) is 5.65 Å². The Balaban J connectivity index is 1.98. The maximum Gasteiger partial charge on any atom is 0.408 e. The Morgan fingerprint density at radius 1 is 1.26 bits per heavy atom. The lowest BCUT2D eigenvalue weighted by atomic mass is 10.1. The van der Waals surface area contributed by atoms with Gasteiger partial charge in [0.2, 0.25) is 0 Å². The molecule has 0 aliphatic heterocycles. The summed E-state index contributed by atoms with van der Waals surface area (Å²) in [5.74, 6) is -3.41. The van der Waals surface area contributed by atoms with E-state index in [1.54, 1.807) is 29.1 Å². The van der Waals surface area contributed by atoms with Crippen molar-refractivity contribution in [1.82, 2.24) is 19.5 Å². The van der Waals surface area contributed by atoms with Crippen molar-refractivity contribution in [3.63, 3.8) is 0 Å². The number of rotatable bonds is 8. The van der Waals surface area contributed by atoms with Crippen LogP contribution < -0.4 is 4.74 Å². The van der Waals surface area contributed by atoms with Crippen LogP contribution in [0.3, 0.4) is 0 Å². The van der Waals surface area contributed by atoms with Gasteiger partial charge < -0.3 is 19.1 Å². The SMILES string of the molecule is COC(CO)CCn1cnc2c(-c3ccccc3OC(F)(F)P)ncnc21. The summed E-state index contributed by atoms with van der Waals surface area (Å²) >= 11 is 0. The van der Waals surface area contributed by atoms with E-state index < -0.39 is 5.85 Å². The first-order valence-electron chi connectivity index (χ1n) is 8.17. The molecule has 3 rings (SSSR count). The molecule has 0 saturated heterocycles. The molecule has 2 unspecified atom stereocenters. The standard InChI is InChI=1S/C17H19F2N4O3P/c1-25-11(8-24)6-7-23-10-22-15-14(20-9-21-16(15)23)12-4-2-3-5-13(12)26-17(18,19)27/h2-5,9-11,24H,6-8,27H2,1H3. The molecule has 2 aromatic heterocycles. The van der Waals surface area contributed by atoms with Crippen LogP contribution >= 0.6 is 9.24 Å². The molecule has 0 aliphatic rings. The number of halogens is 2. The van der Waals surface area contributed by atoms with Gasteiger partial charge in [0, 0.05) is 19.2 Å². The van der Waals surface area contributed by atoms with E-state index in [4.69, 9.17) is 9.47 Å². The second-order valence-corrected chi connectivity index (χ2v) is 6.49. The van der Waals surface area contributed by atoms with Crippen LogP contribution in [-0.4, -0.2) is 50.3 Å². The molecule has 0 saturated carbocycles. The highest BCUT2D eigenvalue weighted by atomic mass is 31.0. The predicted molar refractivity (Wildman–Crippen MR) is 98.5 cm³/mol. The average molecular weight is 396 g/mol. The third kappa shape index (κ3) is 4.55. The minimum atomic E-state index is -3.40. The molecule has 0 spiro atoms. The minimum absolute atomic E-state index is 0.00761. The van der Waals surface area contributed by atoms with Gasteiger partial charge in [-0.25, -0.2) is 15.0 Å². The number of alkyl halides is 2. The highest BCUT2D eigenvalue weighted by Crippen LogP contribution is 2.36. The third-order valence-electron chi connectivity index (χ3n) is 4.02. The molecule has 7 nitrogen and oxygen atoms in total. The highest BCUT2D eigenvalue weighted by molar-refractivity contribution is 7.17. The van der Waals surface area contributed by atoms with Gasteiger partial charge in [-0.05, 0) is 27.8 Å². The molecule has 2 heterocycles. The number of aryl methyl sites for hydroxylation is 1. The van der Waals surface area contributed by atoms with Crippen molar-refractivity contribution >= 4 is 20.4 Å². The van der Waals surface area contributed by atoms with Gasteiger partial charge in [-0.2, -0.15) is 8.78 Å². The van der Waals surface area contributed by atoms with Crippen LogP contribution in [0.25, 0.3) is 22.4 Å². The molecule has 1 aromatic carbocycles. The van der Waals surface area contributed by atoms with E-state index in [2.05, 4.69) is 15.0 Å². The van der Waals surface area contributed by atoms with Crippen LogP contribution in [0.15, 0.2) is 36.9 Å². The van der Waals surface area contributed by atoms with Gasteiger partial charge in [0.1, 0.15) is 23.3 Å². The fraction of sp³-hybridized carbons (Fsp3) is 0.353. The number of hydrogen-bond donors (Lipinski definition) is 1. The van der Waals surface area contributed by atoms with Gasteiger partial charge >= 0.3 is 5.85 Å². The lowest BCUT2D eigenvalue weighted by Crippen LogP contribution is -2.18. The summed E-state index contributed by atoms with van der Waals surface area (Å²) in [6.07, 6.45) is 3.23. The van der Waals surface area contributed by atoms with Crippen LogP contribution in [0.1, 0.15) is 6.42 Å². The first-order chi connectivity index (χ1) is 12.9. The predicted octanol–water partition coefficient (Wildman–Crippen LogP) is 2.69. The molecular formula is C17H19F2N4O3P. The van der Waals surface area contributed by atoms with Crippen molar-refractivity contribution in [2.24, 2.45) is 0 Å². The van der Waals surface area contributed by atoms with E-state index in [1.165, 1.54) is 28.7 Å². The van der Waals surface area contributed by atoms with Crippen molar-refractivity contribution in [2.45, 2.75) is 24.9 Å². The number of aliphatic hydroxyl groups is 1. The highest BCUT2D eigenvalue weighted by Gasteiger charge is 2.26. The molecule has 144 valence electrons. The summed E-state index contributed by atoms with van der Waals surface area (Å²) in [5, 5.41) is 9.23. The Morgan fingerprint density at radius 3 is 2.74 bits per heavy atom. The Bertz CT molecular complexity index is 913. The molecule has 1 N–H and O–H groups in total. The van der Waals surface area contributed by atoms with E-state index in [1.807, 2.05) is 0 Å². The smallest absolute Gasteiger partial charge is 0.408 e. The van der Waals surface area contributed by atoms with Crippen LogP contribution in [0.5, 0.6) is 5.75 Å². The van der Waals surface area contributed by atoms with Gasteiger partial charge in [-0.1, -0.05) is 12.1 Å². The van der Waals surface area contributed by atoms with E-state index >= 15 is 0 Å². The number of hydrogen-bond acceptors (Lipinski definition) is 6. The molecule has 10 heteroatoms. The van der Waals surface area contributed by atoms with E-state index in [0.717, 1.165) is 0 Å². The summed E-state index contributed by atoms with van der Waals surface area (Å²) in [4.78, 5) is 12.8. The molecule has 27 heavy (non-hydrogen) atoms. The zero-order chi connectivity index (χ0) is 19.4. The van der Waals surface area contributed by atoms with Gasteiger partial charge in [-0.15, -0.1) is 0 Å². The lowest BCUT2D eigenvalue weighted by Gasteiger charge is -2.16. The molecule has 2 atom stereocenters. The maximum atomic E-state index is 13.3. The van der Waals surface area contributed by atoms with Gasteiger partial charge in [0.05, 0.1) is 19.0 Å². The van der Waals surface area contributed by atoms with Crippen LogP contribution in [-0.2, 0) is 11.3 Å². The number of benzene rings is 1. The second-order valence-electron chi connectivity index (χ2n) is 5.82. The number of aromatic nitrogens is 4. The third-order valence-corrected chi connectivity index (χ3v) is 4.14. The Kier molecular flexibility index (Phi) is 5.94. The van der Waals surface area contributed by atoms with Crippen LogP contribution in [0.4, 0.5) is 8.78 Å². The van der Waals surface area contributed by atoms with Gasteiger partial charge in [0.25, 0.3) is 0 Å². The number of imidazole rings is 1. The minimum Gasteiger partial charge on any atom is -0.429 e. The fourth-order valence-electron chi connectivity index (χ4n) is 2.71. The molecule has 3 aromatic rings. The fourth-order valence-corrected chi connectivity index (χ4v) is 2.83. The van der Waals surface area contributed by atoms with E-state index in [0.29, 0.717) is 35.4 Å². The Hall–Kier alpha value is -2.22. The zero-order valence-corrected chi connectivity index (χ0v) is 15.7. The molecule has 0 fully saturated rings. The van der Waals surface area contributed by atoms with Crippen molar-refractivity contribution in [1.29, 1.82) is 0 Å². The summed E-state index contributed by atoms with van der Waals surface area (Å²) in [5.41, 5.74) is 1.82. The summed E-state index contributed by atoms with van der Waals surface area (Å²) in [6.45, 7) is 0.436. The molecule has 0 radical (unpaired) electrons. The maximum absolute atomic E-state index is 13.3. The summed E-state index contributed by atoms with van der Waals surface area (Å²) in [7, 11) is 2.88. The monoisotopic (exact) mass is 396 g/mol. The molecule has 0 aliphatic carbocycles. The summed E-state index contributed by atoms with van der Waals surface area (Å²) < 4.78 is 38.3. The molecule has 0 amide bonds. The zero-order valence-electron chi connectivity index (χ0n) is 14.5. The van der Waals surface area contributed by atoms with Crippen molar-refractivity contribution in [3.05, 3.63) is 36.9 Å². The summed E-state index contributed by atoms with van der Waals surface area (Å²) in [6, 6.07) is 6.40. The largest absolute Gasteiger partial charge is 0.429 e. The van der Waals surface area contributed by atoms with E-state index in [-0.39, 0.29) is 18.5 Å². The Labute approximate surface area is 156 Å². The topological polar surface area (TPSA) is 82.3 Å². The van der Waals surface area contributed by atoms with Crippen molar-refractivity contribution < 1.29 is 23.4 Å². The van der Waals surface area contributed by atoms with Gasteiger partial charge in [-0.3, -0.25) is 0 Å². The molecular weight excluding hydrogens is 377 g/mol. The number of fused-ring (bicyclic) bond motifs is 1. The quantitative estimate of drug-likeness (QED) is 0.590. The van der Waals surface area contributed by atoms with Crippen LogP contribution in [0, 0.1) is 0 Å². The normalized spacial score (nSPS) is 13.1. The number of ether oxygens (including phenoxy) is 2. The first-order valence-corrected chi connectivity index (χ1v) is 8.75. The molecule has 0 bridgehead atoms. The first kappa shape index (κ1) is 19.5. The average Bonchev–Trinajstić information content (AvgIpc) is 3.05. The number of para-hydroxylation sites is 1. The van der Waals surface area contributed by atoms with Crippen LogP contribution in [0.2, 0.25) is 0 Å². The second kappa shape index (κ2) is 8.21.